The van der Waals surface area contributed by atoms with Gasteiger partial charge in [-0.05, 0) is 5.92 Å². The van der Waals surface area contributed by atoms with E-state index in [0.717, 1.165) is 19.0 Å². The number of halogens is 1. The van der Waals surface area contributed by atoms with Crippen LogP contribution in [-0.2, 0) is 0 Å². The number of nitrogens with two attached hydrogens (primary N) is 1. The molecule has 1 unspecified atom stereocenters. The second-order valence-corrected chi connectivity index (χ2v) is 4.06. The lowest BCUT2D eigenvalue weighted by Gasteiger charge is -2.20. The molecule has 6 nitrogen and oxygen atoms in total. The Morgan fingerprint density at radius 3 is 2.67 bits per heavy atom. The Kier molecular flexibility index (Phi) is 5.73. The van der Waals surface area contributed by atoms with E-state index < -0.39 is 11.9 Å². The maximum atomic E-state index is 13.4. The van der Waals surface area contributed by atoms with Gasteiger partial charge in [0.1, 0.15) is 0 Å². The zero-order chi connectivity index (χ0) is 13.5. The van der Waals surface area contributed by atoms with Crippen molar-refractivity contribution in [3.8, 4) is 0 Å². The fourth-order valence-corrected chi connectivity index (χ4v) is 1.76. The van der Waals surface area contributed by atoms with Gasteiger partial charge < -0.3 is 10.4 Å². The van der Waals surface area contributed by atoms with Crippen molar-refractivity contribution in [1.82, 2.24) is 9.97 Å². The molecular weight excluding hydrogens is 237 g/mol. The van der Waals surface area contributed by atoms with Crippen LogP contribution in [0.5, 0.6) is 0 Å². The van der Waals surface area contributed by atoms with Gasteiger partial charge in [0.15, 0.2) is 11.6 Å². The molecule has 0 spiro atoms. The molecular formula is C11H20FN5O. The van der Waals surface area contributed by atoms with Crippen LogP contribution in [0.3, 0.4) is 0 Å². The maximum absolute atomic E-state index is 13.4. The van der Waals surface area contributed by atoms with Crippen LogP contribution in [0, 0.1) is 11.7 Å². The first kappa shape index (κ1) is 14.6. The SMILES string of the molecule is CCC(CC)C(O)CNc1nc(NN)ncc1F. The summed E-state index contributed by atoms with van der Waals surface area (Å²) in [5, 5.41) is 12.7. The molecule has 1 aromatic heterocycles. The summed E-state index contributed by atoms with van der Waals surface area (Å²) in [4.78, 5) is 7.46. The van der Waals surface area contributed by atoms with E-state index in [1.807, 2.05) is 13.8 Å². The molecule has 102 valence electrons. The Bertz CT molecular complexity index is 372. The summed E-state index contributed by atoms with van der Waals surface area (Å²) in [6.07, 6.45) is 2.24. The second-order valence-electron chi connectivity index (χ2n) is 4.06. The van der Waals surface area contributed by atoms with Crippen LogP contribution in [0.2, 0.25) is 0 Å². The summed E-state index contributed by atoms with van der Waals surface area (Å²) < 4.78 is 13.4. The van der Waals surface area contributed by atoms with Crippen molar-refractivity contribution in [2.24, 2.45) is 11.8 Å². The smallest absolute Gasteiger partial charge is 0.239 e. The highest BCUT2D eigenvalue weighted by Crippen LogP contribution is 2.15. The van der Waals surface area contributed by atoms with Gasteiger partial charge in [-0.1, -0.05) is 26.7 Å². The van der Waals surface area contributed by atoms with Crippen molar-refractivity contribution in [1.29, 1.82) is 0 Å². The summed E-state index contributed by atoms with van der Waals surface area (Å²) in [7, 11) is 0. The number of nitrogens with zero attached hydrogens (tertiary/aromatic N) is 2. The quantitative estimate of drug-likeness (QED) is 0.431. The van der Waals surface area contributed by atoms with E-state index in [0.29, 0.717) is 0 Å². The normalized spacial score (nSPS) is 12.6. The number of rotatable bonds is 7. The van der Waals surface area contributed by atoms with Gasteiger partial charge in [-0.15, -0.1) is 0 Å². The van der Waals surface area contributed by atoms with Gasteiger partial charge in [-0.2, -0.15) is 4.98 Å². The Balaban J connectivity index is 2.62. The van der Waals surface area contributed by atoms with Crippen molar-refractivity contribution in [3.63, 3.8) is 0 Å². The Morgan fingerprint density at radius 2 is 2.11 bits per heavy atom. The maximum Gasteiger partial charge on any atom is 0.239 e. The lowest BCUT2D eigenvalue weighted by molar-refractivity contribution is 0.114. The molecule has 0 aliphatic carbocycles. The van der Waals surface area contributed by atoms with E-state index >= 15 is 0 Å². The molecule has 0 radical (unpaired) electrons. The Labute approximate surface area is 106 Å². The number of hydrogen-bond donors (Lipinski definition) is 4. The van der Waals surface area contributed by atoms with Gasteiger partial charge in [0.2, 0.25) is 5.95 Å². The molecule has 0 aliphatic heterocycles. The molecule has 1 aromatic rings. The fraction of sp³-hybridized carbons (Fsp3) is 0.636. The third-order valence-electron chi connectivity index (χ3n) is 2.94. The van der Waals surface area contributed by atoms with Crippen LogP contribution in [0.4, 0.5) is 16.2 Å². The van der Waals surface area contributed by atoms with Crippen LogP contribution in [0.15, 0.2) is 6.20 Å². The number of aliphatic hydroxyl groups is 1. The first-order chi connectivity index (χ1) is 8.62. The summed E-state index contributed by atoms with van der Waals surface area (Å²) in [6.45, 7) is 4.27. The van der Waals surface area contributed by atoms with Gasteiger partial charge in [-0.25, -0.2) is 15.2 Å². The third-order valence-corrected chi connectivity index (χ3v) is 2.94. The standard InChI is InChI=1S/C11H20FN5O/c1-3-7(4-2)9(18)6-14-10-8(12)5-15-11(16-10)17-13/h5,7,9,18H,3-4,6,13H2,1-2H3,(H2,14,15,16,17). The zero-order valence-electron chi connectivity index (χ0n) is 10.7. The molecule has 0 aromatic carbocycles. The number of hydrazine groups is 1. The minimum Gasteiger partial charge on any atom is -0.391 e. The zero-order valence-corrected chi connectivity index (χ0v) is 10.7. The lowest BCUT2D eigenvalue weighted by Crippen LogP contribution is -2.28. The van der Waals surface area contributed by atoms with Crippen molar-refractivity contribution in [2.75, 3.05) is 17.3 Å². The highest BCUT2D eigenvalue weighted by Gasteiger charge is 2.16. The molecule has 1 heterocycles. The van der Waals surface area contributed by atoms with Crippen LogP contribution in [0.1, 0.15) is 26.7 Å². The number of nitrogens with one attached hydrogen (secondary N) is 2. The number of nitrogen functional groups attached to an aromatic ring is 1. The van der Waals surface area contributed by atoms with Gasteiger partial charge >= 0.3 is 0 Å². The Morgan fingerprint density at radius 1 is 1.44 bits per heavy atom. The molecule has 0 aliphatic rings. The van der Waals surface area contributed by atoms with E-state index in [1.54, 1.807) is 0 Å². The monoisotopic (exact) mass is 257 g/mol. The van der Waals surface area contributed by atoms with Gasteiger partial charge in [0, 0.05) is 6.54 Å². The molecule has 7 heteroatoms. The van der Waals surface area contributed by atoms with E-state index in [4.69, 9.17) is 5.84 Å². The van der Waals surface area contributed by atoms with Gasteiger partial charge in [-0.3, -0.25) is 5.43 Å². The number of aromatic nitrogens is 2. The van der Waals surface area contributed by atoms with E-state index in [2.05, 4.69) is 20.7 Å². The molecule has 1 rings (SSSR count). The highest BCUT2D eigenvalue weighted by atomic mass is 19.1. The summed E-state index contributed by atoms with van der Waals surface area (Å²) in [5.41, 5.74) is 2.24. The van der Waals surface area contributed by atoms with Gasteiger partial charge in [0.25, 0.3) is 0 Å². The molecule has 1 atom stereocenters. The minimum absolute atomic E-state index is 0.0305. The average molecular weight is 257 g/mol. The molecule has 18 heavy (non-hydrogen) atoms. The lowest BCUT2D eigenvalue weighted by atomic mass is 9.97. The Hall–Kier alpha value is -1.47. The van der Waals surface area contributed by atoms with Crippen molar-refractivity contribution in [3.05, 3.63) is 12.0 Å². The number of anilines is 2. The summed E-state index contributed by atoms with van der Waals surface area (Å²) >= 11 is 0. The predicted molar refractivity (Wildman–Crippen MR) is 68.4 cm³/mol. The predicted octanol–water partition coefficient (Wildman–Crippen LogP) is 1.11. The minimum atomic E-state index is -0.578. The van der Waals surface area contributed by atoms with E-state index in [-0.39, 0.29) is 24.2 Å². The topological polar surface area (TPSA) is 96.1 Å². The molecule has 0 saturated heterocycles. The van der Waals surface area contributed by atoms with Crippen molar-refractivity contribution in [2.45, 2.75) is 32.8 Å². The highest BCUT2D eigenvalue weighted by molar-refractivity contribution is 5.40. The van der Waals surface area contributed by atoms with Crippen LogP contribution in [-0.4, -0.2) is 27.7 Å². The molecule has 0 fully saturated rings. The van der Waals surface area contributed by atoms with Crippen molar-refractivity contribution >= 4 is 11.8 Å². The van der Waals surface area contributed by atoms with Gasteiger partial charge in [0.05, 0.1) is 12.3 Å². The summed E-state index contributed by atoms with van der Waals surface area (Å²) in [6, 6.07) is 0. The molecule has 0 bridgehead atoms. The van der Waals surface area contributed by atoms with Crippen molar-refractivity contribution < 1.29 is 9.50 Å². The van der Waals surface area contributed by atoms with Crippen LogP contribution < -0.4 is 16.6 Å². The largest absolute Gasteiger partial charge is 0.391 e. The summed E-state index contributed by atoms with van der Waals surface area (Å²) in [5.74, 6) is 4.90. The van der Waals surface area contributed by atoms with E-state index in [1.165, 1.54) is 0 Å². The third kappa shape index (κ3) is 3.78. The van der Waals surface area contributed by atoms with Crippen LogP contribution in [0.25, 0.3) is 0 Å². The van der Waals surface area contributed by atoms with E-state index in [9.17, 15) is 9.50 Å². The molecule has 5 N–H and O–H groups in total. The molecule has 0 amide bonds. The first-order valence-electron chi connectivity index (χ1n) is 6.03. The second kappa shape index (κ2) is 7.07. The average Bonchev–Trinajstić information content (AvgIpc) is 2.39. The first-order valence-corrected chi connectivity index (χ1v) is 6.03. The number of aliphatic hydroxyl groups excluding tert-OH is 1. The molecule has 0 saturated carbocycles. The van der Waals surface area contributed by atoms with Crippen LogP contribution >= 0.6 is 0 Å². The number of hydrogen-bond acceptors (Lipinski definition) is 6. The fourth-order valence-electron chi connectivity index (χ4n) is 1.76.